The number of phenolic OH excluding ortho intramolecular Hbond substituents is 4. The second kappa shape index (κ2) is 38.8. The first-order valence-electron chi connectivity index (χ1n) is 35.8. The molecule has 0 fully saturated rings. The number of phenols is 4. The van der Waals surface area contributed by atoms with Crippen molar-refractivity contribution in [3.8, 4) is 80.0 Å². The van der Waals surface area contributed by atoms with Gasteiger partial charge in [0.25, 0.3) is 0 Å². The summed E-state index contributed by atoms with van der Waals surface area (Å²) in [5.41, 5.74) is 23.5. The van der Waals surface area contributed by atoms with Gasteiger partial charge in [0.1, 0.15) is 64.9 Å². The number of aromatic hydroxyl groups is 6. The number of nitrogens with zero attached hydrogens (tertiary/aromatic N) is 8. The summed E-state index contributed by atoms with van der Waals surface area (Å²) >= 11 is 0. The summed E-state index contributed by atoms with van der Waals surface area (Å²) in [5, 5.41) is 60.5. The number of carbonyl (C=O) groups excluding carboxylic acids is 2. The molecule has 0 aliphatic carbocycles. The summed E-state index contributed by atoms with van der Waals surface area (Å²) in [7, 11) is 0. The summed E-state index contributed by atoms with van der Waals surface area (Å²) < 4.78 is 14.9. The predicted molar refractivity (Wildman–Crippen MR) is 442 cm³/mol. The molecule has 0 aliphatic heterocycles. The highest BCUT2D eigenvalue weighted by atomic mass is 35.5. The standard InChI is InChI=1S/C33H27N3O3.C26H21N3O3.C17H15N3O.C16H14O3.2ClH/c37-27-15-13-26(14-16-27)31-21-36-32(29(34-31)19-23-7-3-1-4-8-23)35-30(33(36)38)20-24-11-17-28(18-12-24)39-22-25-9-5-2-6-10-25;30-20-10-6-18(7-11-20)15-23-26(32)29-16-24(19-8-12-21(31)13-9-19)27-22(25(29)28-23)14-17-4-2-1-3-5-17;18-17-15(10-12-4-2-1-3-5-12)20-16(11-19-17)13-6-8-14(21)9-7-13;17-11-15(18)10-13-6-8-16(9-7-13)19-12-14-4-2-1-3-5-14;;/h1-18,21,37-38H,19-20,22H2;1-13,16,30-32H,14-15H2;1-9,11,21H,10H2,(H2,18,19);1-9,11H,10,12H2;2*1H. The first-order chi connectivity index (χ1) is 54.2. The zero-order valence-electron chi connectivity index (χ0n) is 61.0. The average molecular weight is 1540 g/mol. The number of benzene rings is 11. The summed E-state index contributed by atoms with van der Waals surface area (Å²) in [4.78, 5) is 49.4. The van der Waals surface area contributed by atoms with Gasteiger partial charge in [0.15, 0.2) is 23.4 Å². The molecule has 5 heterocycles. The highest BCUT2D eigenvalue weighted by molar-refractivity contribution is 6.25. The number of halogens is 2. The fourth-order valence-electron chi connectivity index (χ4n) is 12.1. The Balaban J connectivity index is 0.000000154. The molecule has 0 saturated heterocycles. The van der Waals surface area contributed by atoms with Crippen LogP contribution in [0.25, 0.3) is 45.1 Å². The molecule has 11 aromatic carbocycles. The summed E-state index contributed by atoms with van der Waals surface area (Å²) in [5.74, 6) is 2.50. The van der Waals surface area contributed by atoms with Crippen LogP contribution in [0.4, 0.5) is 5.82 Å². The van der Waals surface area contributed by atoms with Gasteiger partial charge in [-0.15, -0.1) is 24.8 Å². The van der Waals surface area contributed by atoms with Crippen LogP contribution >= 0.6 is 24.8 Å². The second-order valence-corrected chi connectivity index (χ2v) is 26.1. The van der Waals surface area contributed by atoms with E-state index in [1.807, 2.05) is 200 Å². The molecule has 16 rings (SSSR count). The maximum absolute atomic E-state index is 11.2. The molecule has 16 aromatic rings. The Morgan fingerprint density at radius 3 is 0.991 bits per heavy atom. The number of hydrogen-bond donors (Lipinski definition) is 7. The topological polar surface area (TPSA) is 286 Å². The van der Waals surface area contributed by atoms with Crippen molar-refractivity contribution in [3.63, 3.8) is 0 Å². The van der Waals surface area contributed by atoms with E-state index in [0.717, 1.165) is 95.5 Å². The number of hydrogen-bond acceptors (Lipinski definition) is 17. The van der Waals surface area contributed by atoms with E-state index in [2.05, 4.69) is 22.1 Å². The minimum Gasteiger partial charge on any atom is -0.508 e. The van der Waals surface area contributed by atoms with Crippen molar-refractivity contribution >= 4 is 54.0 Å². The van der Waals surface area contributed by atoms with Gasteiger partial charge in [-0.05, 0) is 154 Å². The lowest BCUT2D eigenvalue weighted by molar-refractivity contribution is -0.129. The Bertz CT molecular complexity index is 5740. The molecular weight excluding hydrogens is 1460 g/mol. The van der Waals surface area contributed by atoms with Crippen molar-refractivity contribution in [2.45, 2.75) is 51.7 Å². The van der Waals surface area contributed by atoms with Crippen LogP contribution in [0, 0.1) is 0 Å². The molecule has 0 bridgehead atoms. The van der Waals surface area contributed by atoms with Crippen LogP contribution in [0.5, 0.6) is 46.3 Å². The Kier molecular flexibility index (Phi) is 27.4. The molecular formula is C92H79Cl2N9O10. The number of carbonyl (C=O) groups is 2. The number of Topliss-reactive ketones (excluding diaryl/α,β-unsaturated/α-hetero) is 1. The van der Waals surface area contributed by atoms with Crippen LogP contribution in [0.3, 0.4) is 0 Å². The smallest absolute Gasteiger partial charge is 0.219 e. The minimum absolute atomic E-state index is 0. The van der Waals surface area contributed by atoms with Gasteiger partial charge in [0, 0.05) is 67.6 Å². The lowest BCUT2D eigenvalue weighted by Gasteiger charge is -2.08. The Morgan fingerprint density at radius 2 is 0.628 bits per heavy atom. The second-order valence-electron chi connectivity index (χ2n) is 26.1. The van der Waals surface area contributed by atoms with E-state index in [1.165, 1.54) is 0 Å². The molecule has 19 nitrogen and oxygen atoms in total. The fourth-order valence-corrected chi connectivity index (χ4v) is 12.1. The van der Waals surface area contributed by atoms with Gasteiger partial charge in [-0.3, -0.25) is 18.4 Å². The number of ketones is 1. The SMILES string of the molecule is Cl.Cl.Nc1ncc(-c2ccc(O)cc2)nc1Cc1ccccc1.O=CC(=O)Cc1ccc(OCc2ccccc2)cc1.Oc1ccc(-c2cn3c(O)c(Cc4ccc(OCc5ccccc5)cc4)nc3c(Cc3ccccc3)n2)cc1.Oc1ccc(Cc2nc3c(Cc4ccccc4)nc(-c4ccc(O)cc4)cn3c2O)cc1. The lowest BCUT2D eigenvalue weighted by atomic mass is 10.1. The van der Waals surface area contributed by atoms with Crippen LogP contribution in [-0.4, -0.2) is 81.4 Å². The Morgan fingerprint density at radius 1 is 0.336 bits per heavy atom. The van der Waals surface area contributed by atoms with E-state index in [9.17, 15) is 40.2 Å². The van der Waals surface area contributed by atoms with E-state index < -0.39 is 5.78 Å². The number of nitrogen functional groups attached to an aromatic ring is 1. The third-order valence-corrected chi connectivity index (χ3v) is 18.0. The lowest BCUT2D eigenvalue weighted by Crippen LogP contribution is -2.03. The normalized spacial score (nSPS) is 10.6. The van der Waals surface area contributed by atoms with Gasteiger partial charge >= 0.3 is 0 Å². The molecule has 0 saturated carbocycles. The van der Waals surface area contributed by atoms with E-state index in [4.69, 9.17) is 35.1 Å². The largest absolute Gasteiger partial charge is 0.508 e. The zero-order valence-corrected chi connectivity index (χ0v) is 62.7. The van der Waals surface area contributed by atoms with E-state index in [0.29, 0.717) is 91.5 Å². The minimum atomic E-state index is -0.419. The molecule has 0 aliphatic rings. The van der Waals surface area contributed by atoms with Crippen molar-refractivity contribution in [2.75, 3.05) is 5.73 Å². The zero-order chi connectivity index (χ0) is 76.8. The summed E-state index contributed by atoms with van der Waals surface area (Å²) in [6.07, 6.45) is 8.36. The van der Waals surface area contributed by atoms with Crippen molar-refractivity contribution < 1.29 is 49.7 Å². The van der Waals surface area contributed by atoms with E-state index in [1.54, 1.807) is 112 Å². The number of aromatic nitrogens is 8. The highest BCUT2D eigenvalue weighted by Gasteiger charge is 2.21. The molecule has 8 N–H and O–H groups in total. The number of aldehydes is 1. The molecule has 5 aromatic heterocycles. The number of fused-ring (bicyclic) bond motifs is 2. The third-order valence-electron chi connectivity index (χ3n) is 18.0. The van der Waals surface area contributed by atoms with Crippen LogP contribution in [0.2, 0.25) is 0 Å². The molecule has 0 radical (unpaired) electrons. The van der Waals surface area contributed by atoms with Gasteiger partial charge in [-0.2, -0.15) is 0 Å². The first kappa shape index (κ1) is 79.9. The van der Waals surface area contributed by atoms with Crippen LogP contribution in [0.15, 0.2) is 316 Å². The number of ether oxygens (including phenoxy) is 2. The maximum atomic E-state index is 11.2. The number of anilines is 1. The Labute approximate surface area is 664 Å². The van der Waals surface area contributed by atoms with Crippen molar-refractivity contribution in [1.29, 1.82) is 0 Å². The number of rotatable bonds is 22. The van der Waals surface area contributed by atoms with Crippen molar-refractivity contribution in [1.82, 2.24) is 38.7 Å². The highest BCUT2D eigenvalue weighted by Crippen LogP contribution is 2.33. The number of imidazole rings is 2. The summed E-state index contributed by atoms with van der Waals surface area (Å²) in [6.45, 7) is 1.02. The summed E-state index contributed by atoms with van der Waals surface area (Å²) in [6, 6.07) is 92.5. The Hall–Kier alpha value is -14.1. The van der Waals surface area contributed by atoms with Crippen LogP contribution in [0.1, 0.15) is 73.0 Å². The van der Waals surface area contributed by atoms with Gasteiger partial charge in [-0.25, -0.2) is 29.9 Å². The molecule has 0 unspecified atom stereocenters. The fraction of sp³-hybridized carbons (Fsp3) is 0.0870. The predicted octanol–water partition coefficient (Wildman–Crippen LogP) is 17.7. The third kappa shape index (κ3) is 21.9. The van der Waals surface area contributed by atoms with E-state index >= 15 is 0 Å². The molecule has 566 valence electrons. The van der Waals surface area contributed by atoms with E-state index in [-0.39, 0.29) is 66.0 Å². The van der Waals surface area contributed by atoms with Crippen molar-refractivity contribution in [2.24, 2.45) is 0 Å². The molecule has 21 heteroatoms. The molecule has 113 heavy (non-hydrogen) atoms. The molecule has 0 spiro atoms. The monoisotopic (exact) mass is 1540 g/mol. The molecule has 0 atom stereocenters. The first-order valence-corrected chi connectivity index (χ1v) is 35.8. The molecule has 0 amide bonds. The maximum Gasteiger partial charge on any atom is 0.219 e. The van der Waals surface area contributed by atoms with Crippen LogP contribution < -0.4 is 15.2 Å². The average Bonchev–Trinajstić information content (AvgIpc) is 1.64. The van der Waals surface area contributed by atoms with Crippen molar-refractivity contribution in [3.05, 3.63) is 389 Å². The van der Waals surface area contributed by atoms with Gasteiger partial charge in [0.2, 0.25) is 11.8 Å². The number of nitrogens with two attached hydrogens (primary N) is 1. The van der Waals surface area contributed by atoms with Gasteiger partial charge in [0.05, 0.1) is 40.4 Å². The van der Waals surface area contributed by atoms with Gasteiger partial charge < -0.3 is 45.8 Å². The van der Waals surface area contributed by atoms with Crippen LogP contribution in [-0.2, 0) is 61.3 Å². The quantitative estimate of drug-likeness (QED) is 0.0245. The van der Waals surface area contributed by atoms with Gasteiger partial charge in [-0.1, -0.05) is 188 Å².